The maximum atomic E-state index is 12.9. The van der Waals surface area contributed by atoms with Crippen LogP contribution in [-0.4, -0.2) is 41.7 Å². The third-order valence-corrected chi connectivity index (χ3v) is 7.83. The zero-order valence-corrected chi connectivity index (χ0v) is 21.0. The number of amides is 1. The highest BCUT2D eigenvalue weighted by Gasteiger charge is 2.18. The lowest BCUT2D eigenvalue weighted by Gasteiger charge is -2.11. The summed E-state index contributed by atoms with van der Waals surface area (Å²) in [5.41, 5.74) is 2.50. The number of nitrogens with one attached hydrogen (secondary N) is 1. The van der Waals surface area contributed by atoms with Crippen molar-refractivity contribution in [3.63, 3.8) is 0 Å². The molecule has 4 aromatic rings. The van der Waals surface area contributed by atoms with Crippen molar-refractivity contribution in [3.8, 4) is 5.75 Å². The fraction of sp³-hybridized carbons (Fsp3) is 0.250. The van der Waals surface area contributed by atoms with E-state index in [1.807, 2.05) is 29.7 Å². The Hall–Kier alpha value is -3.57. The third-order valence-electron chi connectivity index (χ3n) is 5.64. The van der Waals surface area contributed by atoms with Gasteiger partial charge in [-0.1, -0.05) is 12.1 Å². The SMILES string of the molecule is Cc1nc(C)c(C(=O)N=c2nc3cc(OCc4ccc(S(C)(=O)=O)cc4)ccc3c3n2CCN3)s1. The fourth-order valence-electron chi connectivity index (χ4n) is 3.95. The number of fused-ring (bicyclic) bond motifs is 3. The predicted octanol–water partition coefficient (Wildman–Crippen LogP) is 3.26. The zero-order chi connectivity index (χ0) is 24.7. The number of carbonyl (C=O) groups excluding carboxylic acids is 1. The molecule has 0 bridgehead atoms. The molecule has 0 saturated heterocycles. The number of aromatic nitrogens is 3. The highest BCUT2D eigenvalue weighted by Crippen LogP contribution is 2.27. The molecule has 0 fully saturated rings. The molecular weight excluding hydrogens is 486 g/mol. The van der Waals surface area contributed by atoms with E-state index in [9.17, 15) is 13.2 Å². The number of thiazole rings is 1. The smallest absolute Gasteiger partial charge is 0.292 e. The number of anilines is 1. The summed E-state index contributed by atoms with van der Waals surface area (Å²) in [7, 11) is -3.24. The Morgan fingerprint density at radius 1 is 1.17 bits per heavy atom. The average molecular weight is 510 g/mol. The Kier molecular flexibility index (Phi) is 5.89. The van der Waals surface area contributed by atoms with Crippen molar-refractivity contribution >= 4 is 43.8 Å². The number of aryl methyl sites for hydroxylation is 2. The van der Waals surface area contributed by atoms with Crippen molar-refractivity contribution in [1.29, 1.82) is 0 Å². The van der Waals surface area contributed by atoms with Crippen LogP contribution < -0.4 is 15.7 Å². The van der Waals surface area contributed by atoms with Crippen LogP contribution in [0.4, 0.5) is 5.82 Å². The van der Waals surface area contributed by atoms with E-state index in [-0.39, 0.29) is 17.4 Å². The van der Waals surface area contributed by atoms with Crippen molar-refractivity contribution in [2.24, 2.45) is 4.99 Å². The van der Waals surface area contributed by atoms with Crippen LogP contribution in [-0.2, 0) is 23.0 Å². The van der Waals surface area contributed by atoms with E-state index in [1.54, 1.807) is 31.2 Å². The average Bonchev–Trinajstić information content (AvgIpc) is 3.44. The first-order valence-electron chi connectivity index (χ1n) is 10.9. The number of hydrogen-bond acceptors (Lipinski definition) is 8. The highest BCUT2D eigenvalue weighted by atomic mass is 32.2. The van der Waals surface area contributed by atoms with Crippen LogP contribution in [0.2, 0.25) is 0 Å². The van der Waals surface area contributed by atoms with Gasteiger partial charge in [-0.05, 0) is 43.7 Å². The standard InChI is InChI=1S/C24H23N5O4S2/c1-14-21(34-15(2)26-14)23(30)28-24-27-20-12-17(6-9-19(20)22-25-10-11-29(22)24)33-13-16-4-7-18(8-5-16)35(3,31)32/h4-9,12,25H,10-11,13H2,1-3H3. The van der Waals surface area contributed by atoms with Crippen molar-refractivity contribution in [1.82, 2.24) is 14.5 Å². The Morgan fingerprint density at radius 2 is 1.94 bits per heavy atom. The van der Waals surface area contributed by atoms with Crippen molar-refractivity contribution in [3.05, 3.63) is 69.2 Å². The van der Waals surface area contributed by atoms with E-state index >= 15 is 0 Å². The largest absolute Gasteiger partial charge is 0.489 e. The molecule has 1 aliphatic rings. The minimum Gasteiger partial charge on any atom is -0.489 e. The van der Waals surface area contributed by atoms with E-state index in [2.05, 4.69) is 20.3 Å². The summed E-state index contributed by atoms with van der Waals surface area (Å²) in [5.74, 6) is 1.11. The first kappa shape index (κ1) is 23.2. The van der Waals surface area contributed by atoms with Crippen molar-refractivity contribution < 1.29 is 17.9 Å². The first-order chi connectivity index (χ1) is 16.7. The molecule has 1 amide bonds. The molecule has 5 rings (SSSR count). The maximum absolute atomic E-state index is 12.9. The van der Waals surface area contributed by atoms with Crippen LogP contribution in [0.15, 0.2) is 52.4 Å². The molecule has 2 aromatic carbocycles. The number of benzene rings is 2. The molecule has 0 spiro atoms. The number of rotatable bonds is 5. The summed E-state index contributed by atoms with van der Waals surface area (Å²) < 4.78 is 31.1. The summed E-state index contributed by atoms with van der Waals surface area (Å²) in [6, 6.07) is 12.2. The molecule has 11 heteroatoms. The molecule has 180 valence electrons. The Morgan fingerprint density at radius 3 is 2.63 bits per heavy atom. The minimum atomic E-state index is -3.24. The van der Waals surface area contributed by atoms with E-state index in [0.29, 0.717) is 34.0 Å². The normalized spacial score (nSPS) is 13.6. The molecule has 0 unspecified atom stereocenters. The summed E-state index contributed by atoms with van der Waals surface area (Å²) in [4.78, 5) is 27.0. The lowest BCUT2D eigenvalue weighted by atomic mass is 10.2. The number of hydrogen-bond donors (Lipinski definition) is 1. The Labute approximate surface area is 206 Å². The van der Waals surface area contributed by atoms with Gasteiger partial charge in [-0.3, -0.25) is 9.36 Å². The van der Waals surface area contributed by atoms with Crippen LogP contribution in [0, 0.1) is 13.8 Å². The van der Waals surface area contributed by atoms with Crippen LogP contribution >= 0.6 is 11.3 Å². The molecule has 9 nitrogen and oxygen atoms in total. The van der Waals surface area contributed by atoms with Gasteiger partial charge in [0.1, 0.15) is 23.1 Å². The van der Waals surface area contributed by atoms with Gasteiger partial charge in [0.15, 0.2) is 9.84 Å². The van der Waals surface area contributed by atoms with Crippen LogP contribution in [0.25, 0.3) is 10.9 Å². The lowest BCUT2D eigenvalue weighted by molar-refractivity contribution is 0.0999. The molecule has 0 saturated carbocycles. The Balaban J connectivity index is 1.46. The summed E-state index contributed by atoms with van der Waals surface area (Å²) in [5, 5.41) is 5.08. The summed E-state index contributed by atoms with van der Waals surface area (Å²) >= 11 is 1.33. The monoisotopic (exact) mass is 509 g/mol. The first-order valence-corrected chi connectivity index (χ1v) is 13.6. The molecule has 0 radical (unpaired) electrons. The minimum absolute atomic E-state index is 0.268. The molecule has 3 heterocycles. The molecule has 0 atom stereocenters. The van der Waals surface area contributed by atoms with Gasteiger partial charge in [0.25, 0.3) is 5.91 Å². The van der Waals surface area contributed by atoms with Crippen LogP contribution in [0.3, 0.4) is 0 Å². The van der Waals surface area contributed by atoms with Crippen molar-refractivity contribution in [2.75, 3.05) is 18.1 Å². The van der Waals surface area contributed by atoms with Gasteiger partial charge in [-0.2, -0.15) is 4.99 Å². The Bertz CT molecular complexity index is 1640. The van der Waals surface area contributed by atoms with Gasteiger partial charge in [0, 0.05) is 30.8 Å². The second-order valence-electron chi connectivity index (χ2n) is 8.29. The molecule has 35 heavy (non-hydrogen) atoms. The molecule has 1 N–H and O–H groups in total. The van der Waals surface area contributed by atoms with E-state index in [4.69, 9.17) is 4.74 Å². The quantitative estimate of drug-likeness (QED) is 0.439. The van der Waals surface area contributed by atoms with E-state index in [1.165, 1.54) is 17.6 Å². The molecular formula is C24H23N5O4S2. The number of sulfone groups is 1. The van der Waals surface area contributed by atoms with E-state index < -0.39 is 9.84 Å². The number of carbonyl (C=O) groups is 1. The van der Waals surface area contributed by atoms with Crippen LogP contribution in [0.1, 0.15) is 25.9 Å². The molecule has 2 aromatic heterocycles. The van der Waals surface area contributed by atoms with Gasteiger partial charge < -0.3 is 10.1 Å². The topological polar surface area (TPSA) is 116 Å². The summed E-state index contributed by atoms with van der Waals surface area (Å²) in [6.45, 7) is 5.32. The van der Waals surface area contributed by atoms with E-state index in [0.717, 1.165) is 28.3 Å². The highest BCUT2D eigenvalue weighted by molar-refractivity contribution is 7.90. The maximum Gasteiger partial charge on any atom is 0.292 e. The fourth-order valence-corrected chi connectivity index (χ4v) is 5.39. The van der Waals surface area contributed by atoms with Gasteiger partial charge in [-0.15, -0.1) is 11.3 Å². The second-order valence-corrected chi connectivity index (χ2v) is 11.5. The van der Waals surface area contributed by atoms with Gasteiger partial charge in [0.2, 0.25) is 5.62 Å². The summed E-state index contributed by atoms with van der Waals surface area (Å²) in [6.07, 6.45) is 1.18. The molecule has 1 aliphatic heterocycles. The second kappa shape index (κ2) is 8.90. The van der Waals surface area contributed by atoms with Gasteiger partial charge >= 0.3 is 0 Å². The molecule has 0 aliphatic carbocycles. The number of nitrogens with zero attached hydrogens (tertiary/aromatic N) is 4. The van der Waals surface area contributed by atoms with Gasteiger partial charge in [0.05, 0.1) is 21.1 Å². The number of ether oxygens (including phenoxy) is 1. The lowest BCUT2D eigenvalue weighted by Crippen LogP contribution is -2.24. The van der Waals surface area contributed by atoms with Gasteiger partial charge in [-0.25, -0.2) is 18.4 Å². The van der Waals surface area contributed by atoms with Crippen molar-refractivity contribution in [2.45, 2.75) is 31.9 Å². The van der Waals surface area contributed by atoms with Crippen LogP contribution in [0.5, 0.6) is 5.75 Å². The third kappa shape index (κ3) is 4.69. The zero-order valence-electron chi connectivity index (χ0n) is 19.4. The predicted molar refractivity (Wildman–Crippen MR) is 134 cm³/mol.